The first-order chi connectivity index (χ1) is 11.1. The first kappa shape index (κ1) is 15.7. The van der Waals surface area contributed by atoms with Crippen LogP contribution in [-0.4, -0.2) is 34.2 Å². The molecular formula is C18H22N2O3. The molecule has 5 nitrogen and oxygen atoms in total. The number of aliphatic hydroxyl groups is 1. The van der Waals surface area contributed by atoms with Gasteiger partial charge in [0, 0.05) is 18.7 Å². The SMILES string of the molecule is CC1CCN(C(=O)c2c(-c3ccccc3)noc2[C@H](C)O)CC1. The highest BCUT2D eigenvalue weighted by Gasteiger charge is 2.31. The van der Waals surface area contributed by atoms with Gasteiger partial charge in [0.15, 0.2) is 5.76 Å². The van der Waals surface area contributed by atoms with Crippen LogP contribution >= 0.6 is 0 Å². The Balaban J connectivity index is 1.99. The normalized spacial score (nSPS) is 17.3. The molecule has 3 rings (SSSR count). The zero-order valence-corrected chi connectivity index (χ0v) is 13.5. The van der Waals surface area contributed by atoms with Crippen LogP contribution < -0.4 is 0 Å². The van der Waals surface area contributed by atoms with E-state index in [4.69, 9.17) is 4.52 Å². The van der Waals surface area contributed by atoms with E-state index in [1.54, 1.807) is 6.92 Å². The summed E-state index contributed by atoms with van der Waals surface area (Å²) in [5, 5.41) is 14.0. The Bertz CT molecular complexity index is 671. The molecule has 122 valence electrons. The second-order valence-corrected chi connectivity index (χ2v) is 6.29. The van der Waals surface area contributed by atoms with Gasteiger partial charge in [-0.3, -0.25) is 4.79 Å². The second kappa shape index (κ2) is 6.54. The third kappa shape index (κ3) is 3.15. The van der Waals surface area contributed by atoms with Gasteiger partial charge in [-0.15, -0.1) is 0 Å². The zero-order chi connectivity index (χ0) is 16.4. The van der Waals surface area contributed by atoms with Crippen LogP contribution in [0.25, 0.3) is 11.3 Å². The van der Waals surface area contributed by atoms with Gasteiger partial charge in [-0.25, -0.2) is 0 Å². The van der Waals surface area contributed by atoms with E-state index >= 15 is 0 Å². The third-order valence-electron chi connectivity index (χ3n) is 4.43. The Labute approximate surface area is 135 Å². The summed E-state index contributed by atoms with van der Waals surface area (Å²) < 4.78 is 5.30. The fourth-order valence-corrected chi connectivity index (χ4v) is 2.96. The summed E-state index contributed by atoms with van der Waals surface area (Å²) >= 11 is 0. The average Bonchev–Trinajstić information content (AvgIpc) is 3.01. The average molecular weight is 314 g/mol. The molecule has 0 unspecified atom stereocenters. The number of benzene rings is 1. The molecule has 1 atom stereocenters. The van der Waals surface area contributed by atoms with Crippen molar-refractivity contribution in [2.45, 2.75) is 32.8 Å². The predicted octanol–water partition coefficient (Wildman–Crippen LogP) is 3.27. The number of piperidine rings is 1. The van der Waals surface area contributed by atoms with E-state index in [2.05, 4.69) is 12.1 Å². The third-order valence-corrected chi connectivity index (χ3v) is 4.43. The lowest BCUT2D eigenvalue weighted by Gasteiger charge is -2.30. The van der Waals surface area contributed by atoms with Gasteiger partial charge in [-0.2, -0.15) is 0 Å². The number of carbonyl (C=O) groups is 1. The summed E-state index contributed by atoms with van der Waals surface area (Å²) in [5.41, 5.74) is 1.71. The lowest BCUT2D eigenvalue weighted by Crippen LogP contribution is -2.38. The van der Waals surface area contributed by atoms with Crippen molar-refractivity contribution in [2.75, 3.05) is 13.1 Å². The molecule has 2 heterocycles. The Morgan fingerprint density at radius 2 is 1.96 bits per heavy atom. The van der Waals surface area contributed by atoms with Crippen molar-refractivity contribution in [3.8, 4) is 11.3 Å². The molecule has 0 aliphatic carbocycles. The molecule has 0 bridgehead atoms. The molecule has 0 saturated carbocycles. The molecular weight excluding hydrogens is 292 g/mol. The van der Waals surface area contributed by atoms with Crippen LogP contribution in [0.5, 0.6) is 0 Å². The molecule has 23 heavy (non-hydrogen) atoms. The van der Waals surface area contributed by atoms with Crippen LogP contribution in [0, 0.1) is 5.92 Å². The van der Waals surface area contributed by atoms with Crippen LogP contribution in [-0.2, 0) is 0 Å². The van der Waals surface area contributed by atoms with E-state index in [0.29, 0.717) is 17.2 Å². The van der Waals surface area contributed by atoms with E-state index < -0.39 is 6.10 Å². The highest BCUT2D eigenvalue weighted by molar-refractivity contribution is 6.01. The number of rotatable bonds is 3. The van der Waals surface area contributed by atoms with Gasteiger partial charge in [-0.1, -0.05) is 42.4 Å². The summed E-state index contributed by atoms with van der Waals surface area (Å²) in [6, 6.07) is 9.47. The summed E-state index contributed by atoms with van der Waals surface area (Å²) in [6.45, 7) is 5.26. The second-order valence-electron chi connectivity index (χ2n) is 6.29. The summed E-state index contributed by atoms with van der Waals surface area (Å²) in [7, 11) is 0. The summed E-state index contributed by atoms with van der Waals surface area (Å²) in [5.74, 6) is 0.784. The van der Waals surface area contributed by atoms with E-state index in [1.165, 1.54) is 0 Å². The number of aromatic nitrogens is 1. The molecule has 0 spiro atoms. The molecule has 0 radical (unpaired) electrons. The lowest BCUT2D eigenvalue weighted by molar-refractivity contribution is 0.0686. The monoisotopic (exact) mass is 314 g/mol. The van der Waals surface area contributed by atoms with Crippen molar-refractivity contribution in [1.82, 2.24) is 10.1 Å². The minimum absolute atomic E-state index is 0.104. The molecule has 5 heteroatoms. The van der Waals surface area contributed by atoms with Crippen molar-refractivity contribution in [3.05, 3.63) is 41.7 Å². The van der Waals surface area contributed by atoms with Crippen LogP contribution in [0.1, 0.15) is 48.9 Å². The number of carbonyl (C=O) groups excluding carboxylic acids is 1. The van der Waals surface area contributed by atoms with Gasteiger partial charge in [-0.05, 0) is 25.7 Å². The maximum atomic E-state index is 13.0. The summed E-state index contributed by atoms with van der Waals surface area (Å²) in [4.78, 5) is 14.8. The Kier molecular flexibility index (Phi) is 4.48. The standard InChI is InChI=1S/C18H22N2O3/c1-12-8-10-20(11-9-12)18(22)15-16(14-6-4-3-5-7-14)19-23-17(15)13(2)21/h3-7,12-13,21H,8-11H2,1-2H3/t13-/m0/s1. The summed E-state index contributed by atoms with van der Waals surface area (Å²) in [6.07, 6.45) is 1.13. The van der Waals surface area contributed by atoms with Gasteiger partial charge >= 0.3 is 0 Å². The topological polar surface area (TPSA) is 66.6 Å². The number of nitrogens with zero attached hydrogens (tertiary/aromatic N) is 2. The molecule has 1 aromatic heterocycles. The van der Waals surface area contributed by atoms with E-state index in [1.807, 2.05) is 35.2 Å². The van der Waals surface area contributed by atoms with Crippen molar-refractivity contribution >= 4 is 5.91 Å². The number of likely N-dealkylation sites (tertiary alicyclic amines) is 1. The highest BCUT2D eigenvalue weighted by Crippen LogP contribution is 2.31. The molecule has 2 aromatic rings. The van der Waals surface area contributed by atoms with Crippen molar-refractivity contribution in [2.24, 2.45) is 5.92 Å². The first-order valence-electron chi connectivity index (χ1n) is 8.10. The fraction of sp³-hybridized carbons (Fsp3) is 0.444. The maximum Gasteiger partial charge on any atom is 0.259 e. The number of amides is 1. The van der Waals surface area contributed by atoms with E-state index in [-0.39, 0.29) is 11.7 Å². The molecule has 1 N–H and O–H groups in total. The van der Waals surface area contributed by atoms with E-state index in [0.717, 1.165) is 31.5 Å². The minimum atomic E-state index is -0.873. The molecule has 1 saturated heterocycles. The molecule has 1 amide bonds. The molecule has 1 aliphatic heterocycles. The van der Waals surface area contributed by atoms with Gasteiger partial charge in [0.25, 0.3) is 5.91 Å². The number of hydrogen-bond acceptors (Lipinski definition) is 4. The Hall–Kier alpha value is -2.14. The maximum absolute atomic E-state index is 13.0. The Morgan fingerprint density at radius 1 is 1.30 bits per heavy atom. The molecule has 1 aliphatic rings. The predicted molar refractivity (Wildman–Crippen MR) is 86.9 cm³/mol. The first-order valence-corrected chi connectivity index (χ1v) is 8.10. The largest absolute Gasteiger partial charge is 0.385 e. The fourth-order valence-electron chi connectivity index (χ4n) is 2.96. The van der Waals surface area contributed by atoms with Gasteiger partial charge < -0.3 is 14.5 Å². The van der Waals surface area contributed by atoms with Crippen molar-refractivity contribution in [3.63, 3.8) is 0 Å². The van der Waals surface area contributed by atoms with Crippen molar-refractivity contribution < 1.29 is 14.4 Å². The molecule has 1 aromatic carbocycles. The number of aliphatic hydroxyl groups excluding tert-OH is 1. The lowest BCUT2D eigenvalue weighted by atomic mass is 9.97. The highest BCUT2D eigenvalue weighted by atomic mass is 16.5. The van der Waals surface area contributed by atoms with Crippen LogP contribution in [0.3, 0.4) is 0 Å². The zero-order valence-electron chi connectivity index (χ0n) is 13.5. The van der Waals surface area contributed by atoms with Gasteiger partial charge in [0.1, 0.15) is 17.4 Å². The quantitative estimate of drug-likeness (QED) is 0.944. The van der Waals surface area contributed by atoms with Crippen molar-refractivity contribution in [1.29, 1.82) is 0 Å². The van der Waals surface area contributed by atoms with Crippen LogP contribution in [0.15, 0.2) is 34.9 Å². The molecule has 1 fully saturated rings. The van der Waals surface area contributed by atoms with E-state index in [9.17, 15) is 9.90 Å². The number of hydrogen-bond donors (Lipinski definition) is 1. The minimum Gasteiger partial charge on any atom is -0.385 e. The van der Waals surface area contributed by atoms with Crippen LogP contribution in [0.2, 0.25) is 0 Å². The van der Waals surface area contributed by atoms with Gasteiger partial charge in [0.2, 0.25) is 0 Å². The smallest absolute Gasteiger partial charge is 0.259 e. The Morgan fingerprint density at radius 3 is 2.57 bits per heavy atom. The van der Waals surface area contributed by atoms with Crippen LogP contribution in [0.4, 0.5) is 0 Å². The van der Waals surface area contributed by atoms with Gasteiger partial charge in [0.05, 0.1) is 0 Å².